The van der Waals surface area contributed by atoms with Crippen LogP contribution in [0.4, 0.5) is 0 Å². The van der Waals surface area contributed by atoms with Crippen LogP contribution < -0.4 is 0 Å². The van der Waals surface area contributed by atoms with Crippen LogP contribution in [0.2, 0.25) is 0 Å². The molecule has 0 aromatic rings. The minimum Gasteiger partial charge on any atom is -0.462 e. The van der Waals surface area contributed by atoms with Crippen molar-refractivity contribution in [2.75, 3.05) is 39.6 Å². The normalized spacial score (nSPS) is 14.6. The Labute approximate surface area is 575 Å². The van der Waals surface area contributed by atoms with Crippen LogP contribution in [0, 0.1) is 11.8 Å². The summed E-state index contributed by atoms with van der Waals surface area (Å²) in [4.78, 5) is 72.8. The molecule has 7 atom stereocenters. The van der Waals surface area contributed by atoms with Crippen molar-refractivity contribution in [2.45, 2.75) is 407 Å². The van der Waals surface area contributed by atoms with Crippen LogP contribution in [-0.2, 0) is 65.4 Å². The van der Waals surface area contributed by atoms with Crippen LogP contribution >= 0.6 is 15.6 Å². The van der Waals surface area contributed by atoms with Crippen molar-refractivity contribution >= 4 is 39.5 Å². The average molecular weight is 1380 g/mol. The Morgan fingerprint density at radius 1 is 0.298 bits per heavy atom. The maximum atomic E-state index is 13.1. The lowest BCUT2D eigenvalue weighted by Crippen LogP contribution is -2.30. The van der Waals surface area contributed by atoms with Gasteiger partial charge < -0.3 is 33.8 Å². The summed E-state index contributed by atoms with van der Waals surface area (Å²) in [6.07, 6.45) is 54.0. The molecular formula is C75H146O17P2. The highest BCUT2D eigenvalue weighted by Gasteiger charge is 2.30. The predicted octanol–water partition coefficient (Wildman–Crippen LogP) is 21.9. The van der Waals surface area contributed by atoms with Crippen LogP contribution in [-0.4, -0.2) is 96.7 Å². The summed E-state index contributed by atoms with van der Waals surface area (Å²) in [7, 11) is -9.91. The zero-order valence-electron chi connectivity index (χ0n) is 61.3. The van der Waals surface area contributed by atoms with Crippen LogP contribution in [0.1, 0.15) is 388 Å². The van der Waals surface area contributed by atoms with Gasteiger partial charge in [0.1, 0.15) is 19.3 Å². The number of phosphoric acid groups is 2. The molecule has 94 heavy (non-hydrogen) atoms. The summed E-state index contributed by atoms with van der Waals surface area (Å²) in [5, 5.41) is 10.6. The molecule has 19 heteroatoms. The number of ether oxygens (including phenoxy) is 4. The third-order valence-corrected chi connectivity index (χ3v) is 20.1. The monoisotopic (exact) mass is 1380 g/mol. The number of unbranched alkanes of at least 4 members (excludes halogenated alkanes) is 42. The second kappa shape index (κ2) is 66.9. The summed E-state index contributed by atoms with van der Waals surface area (Å²) in [5.74, 6) is -0.576. The summed E-state index contributed by atoms with van der Waals surface area (Å²) in [6.45, 7) is 9.58. The van der Waals surface area contributed by atoms with Gasteiger partial charge in [0, 0.05) is 25.7 Å². The number of rotatable bonds is 74. The molecule has 0 radical (unpaired) electrons. The van der Waals surface area contributed by atoms with Crippen molar-refractivity contribution in [3.63, 3.8) is 0 Å². The van der Waals surface area contributed by atoms with E-state index < -0.39 is 97.5 Å². The van der Waals surface area contributed by atoms with Gasteiger partial charge >= 0.3 is 39.5 Å². The van der Waals surface area contributed by atoms with Crippen LogP contribution in [0.15, 0.2) is 0 Å². The highest BCUT2D eigenvalue weighted by atomic mass is 31.2. The summed E-state index contributed by atoms with van der Waals surface area (Å²) >= 11 is 0. The first-order valence-corrected chi connectivity index (χ1v) is 42.1. The maximum absolute atomic E-state index is 13.1. The average Bonchev–Trinajstić information content (AvgIpc) is 3.00. The Morgan fingerprint density at radius 3 is 0.755 bits per heavy atom. The molecule has 0 aliphatic rings. The second-order valence-corrected chi connectivity index (χ2v) is 30.4. The van der Waals surface area contributed by atoms with E-state index in [4.69, 9.17) is 37.0 Å². The fourth-order valence-corrected chi connectivity index (χ4v) is 13.0. The predicted molar refractivity (Wildman–Crippen MR) is 381 cm³/mol. The van der Waals surface area contributed by atoms with Gasteiger partial charge in [-0.15, -0.1) is 0 Å². The summed E-state index contributed by atoms with van der Waals surface area (Å²) in [6, 6.07) is 0. The van der Waals surface area contributed by atoms with Crippen molar-refractivity contribution in [1.82, 2.24) is 0 Å². The topological polar surface area (TPSA) is 237 Å². The van der Waals surface area contributed by atoms with E-state index in [0.717, 1.165) is 108 Å². The standard InChI is InChI=1S/C75H146O17P2/c1-7-11-13-15-17-19-21-23-24-25-26-27-28-30-36-40-48-54-60-75(80)91-70(63-85-72(77)57-51-45-38-34-32-31-33-37-43-49-55-67(5)9-3)65-89-93(81,82)87-61-69(76)62-88-94(83,84)90-66-71(64-86-73(78)58-52-46-42-41-44-50-56-68(6)10-4)92-74(79)59-53-47-39-35-29-22-20-18-16-14-12-8-2/h67-71,76H,7-66H2,1-6H3,(H,81,82)(H,83,84)/t67?,68?,69-,70-,71-/m1/s1. The van der Waals surface area contributed by atoms with Gasteiger partial charge in [-0.2, -0.15) is 0 Å². The van der Waals surface area contributed by atoms with E-state index in [-0.39, 0.29) is 25.7 Å². The molecule has 0 rings (SSSR count). The third-order valence-electron chi connectivity index (χ3n) is 18.2. The molecule has 4 unspecified atom stereocenters. The van der Waals surface area contributed by atoms with Crippen molar-refractivity contribution < 1.29 is 80.2 Å². The Morgan fingerprint density at radius 2 is 0.511 bits per heavy atom. The highest BCUT2D eigenvalue weighted by Crippen LogP contribution is 2.45. The van der Waals surface area contributed by atoms with E-state index in [2.05, 4.69) is 41.5 Å². The van der Waals surface area contributed by atoms with Crippen molar-refractivity contribution in [2.24, 2.45) is 11.8 Å². The van der Waals surface area contributed by atoms with E-state index in [1.807, 2.05) is 0 Å². The molecule has 0 saturated heterocycles. The first-order valence-electron chi connectivity index (χ1n) is 39.1. The zero-order valence-corrected chi connectivity index (χ0v) is 63.1. The molecular weight excluding hydrogens is 1230 g/mol. The molecule has 0 fully saturated rings. The summed E-state index contributed by atoms with van der Waals surface area (Å²) in [5.41, 5.74) is 0. The van der Waals surface area contributed by atoms with Crippen molar-refractivity contribution in [3.05, 3.63) is 0 Å². The lowest BCUT2D eigenvalue weighted by atomic mass is 9.99. The molecule has 0 bridgehead atoms. The fourth-order valence-electron chi connectivity index (χ4n) is 11.4. The van der Waals surface area contributed by atoms with Gasteiger partial charge in [-0.25, -0.2) is 9.13 Å². The van der Waals surface area contributed by atoms with E-state index in [0.29, 0.717) is 25.7 Å². The number of aliphatic hydroxyl groups is 1. The highest BCUT2D eigenvalue weighted by molar-refractivity contribution is 7.47. The maximum Gasteiger partial charge on any atom is 0.472 e. The summed E-state index contributed by atoms with van der Waals surface area (Å²) < 4.78 is 68.5. The lowest BCUT2D eigenvalue weighted by molar-refractivity contribution is -0.161. The number of aliphatic hydroxyl groups excluding tert-OH is 1. The van der Waals surface area contributed by atoms with Crippen LogP contribution in [0.3, 0.4) is 0 Å². The molecule has 0 aliphatic heterocycles. The number of esters is 4. The van der Waals surface area contributed by atoms with Gasteiger partial charge in [0.05, 0.1) is 26.4 Å². The molecule has 0 aliphatic carbocycles. The molecule has 0 heterocycles. The number of carbonyl (C=O) groups excluding carboxylic acids is 4. The van der Waals surface area contributed by atoms with Gasteiger partial charge in [0.2, 0.25) is 0 Å². The van der Waals surface area contributed by atoms with E-state index >= 15 is 0 Å². The molecule has 0 saturated carbocycles. The van der Waals surface area contributed by atoms with Crippen LogP contribution in [0.25, 0.3) is 0 Å². The van der Waals surface area contributed by atoms with Gasteiger partial charge in [0.25, 0.3) is 0 Å². The van der Waals surface area contributed by atoms with Gasteiger partial charge in [-0.05, 0) is 37.5 Å². The van der Waals surface area contributed by atoms with Gasteiger partial charge in [-0.1, -0.05) is 337 Å². The second-order valence-electron chi connectivity index (χ2n) is 27.5. The fraction of sp³-hybridized carbons (Fsp3) is 0.947. The Bertz CT molecular complexity index is 1820. The third kappa shape index (κ3) is 66.0. The van der Waals surface area contributed by atoms with Crippen molar-refractivity contribution in [1.29, 1.82) is 0 Å². The minimum absolute atomic E-state index is 0.106. The first-order chi connectivity index (χ1) is 45.4. The molecule has 0 aromatic carbocycles. The quantitative estimate of drug-likeness (QED) is 0.0222. The van der Waals surface area contributed by atoms with E-state index in [1.165, 1.54) is 199 Å². The molecule has 0 spiro atoms. The zero-order chi connectivity index (χ0) is 69.3. The SMILES string of the molecule is CCCCCCCCCCCCCCCCCCCCC(=O)O[C@H](COC(=O)CCCCCCCCCCCCC(C)CC)COP(=O)(O)OC[C@@H](O)COP(=O)(O)OC[C@@H](COC(=O)CCCCCCCCC(C)CC)OC(=O)CCCCCCCCCCCCCC. The molecule has 3 N–H and O–H groups in total. The molecule has 558 valence electrons. The molecule has 0 aromatic heterocycles. The number of hydrogen-bond donors (Lipinski definition) is 3. The van der Waals surface area contributed by atoms with E-state index in [1.54, 1.807) is 0 Å². The largest absolute Gasteiger partial charge is 0.472 e. The molecule has 0 amide bonds. The number of phosphoric ester groups is 2. The van der Waals surface area contributed by atoms with Gasteiger partial charge in [0.15, 0.2) is 12.2 Å². The van der Waals surface area contributed by atoms with Crippen molar-refractivity contribution in [3.8, 4) is 0 Å². The lowest BCUT2D eigenvalue weighted by Gasteiger charge is -2.21. The number of hydrogen-bond acceptors (Lipinski definition) is 15. The first kappa shape index (κ1) is 92.1. The molecule has 17 nitrogen and oxygen atoms in total. The Kier molecular flexibility index (Phi) is 65.5. The Balaban J connectivity index is 5.25. The van der Waals surface area contributed by atoms with Crippen LogP contribution in [0.5, 0.6) is 0 Å². The Hall–Kier alpha value is -1.94. The van der Waals surface area contributed by atoms with E-state index in [9.17, 15) is 43.2 Å². The smallest absolute Gasteiger partial charge is 0.462 e. The van der Waals surface area contributed by atoms with Gasteiger partial charge in [-0.3, -0.25) is 37.3 Å². The number of carbonyl (C=O) groups is 4. The minimum atomic E-state index is -4.96.